The Hall–Kier alpha value is -1.68. The maximum atomic E-state index is 5.95. The van der Waals surface area contributed by atoms with Gasteiger partial charge in [-0.05, 0) is 43.4 Å². The molecule has 1 atom stereocenters. The lowest BCUT2D eigenvalue weighted by molar-refractivity contribution is 0.644. The summed E-state index contributed by atoms with van der Waals surface area (Å²) < 4.78 is 1.86. The van der Waals surface area contributed by atoms with Gasteiger partial charge in [-0.1, -0.05) is 13.0 Å². The SMILES string of the molecule is CCC(N)Cc1ccc(-n2ccc(C3CC3)n2)nc1. The van der Waals surface area contributed by atoms with Crippen LogP contribution in [-0.2, 0) is 6.42 Å². The van der Waals surface area contributed by atoms with E-state index in [1.807, 2.05) is 23.1 Å². The van der Waals surface area contributed by atoms with Gasteiger partial charge < -0.3 is 5.73 Å². The summed E-state index contributed by atoms with van der Waals surface area (Å²) in [5, 5.41) is 4.58. The molecule has 100 valence electrons. The van der Waals surface area contributed by atoms with Crippen LogP contribution in [0.2, 0.25) is 0 Å². The summed E-state index contributed by atoms with van der Waals surface area (Å²) in [6.45, 7) is 2.11. The molecule has 2 aromatic rings. The first kappa shape index (κ1) is 12.4. The molecule has 1 aliphatic rings. The average molecular weight is 256 g/mol. The van der Waals surface area contributed by atoms with E-state index in [-0.39, 0.29) is 6.04 Å². The highest BCUT2D eigenvalue weighted by Crippen LogP contribution is 2.38. The Morgan fingerprint density at radius 3 is 2.84 bits per heavy atom. The van der Waals surface area contributed by atoms with Crippen LogP contribution in [0, 0.1) is 0 Å². The van der Waals surface area contributed by atoms with Crippen LogP contribution in [0.3, 0.4) is 0 Å². The predicted molar refractivity (Wildman–Crippen MR) is 75.3 cm³/mol. The molecular weight excluding hydrogens is 236 g/mol. The van der Waals surface area contributed by atoms with Crippen molar-refractivity contribution in [3.05, 3.63) is 41.9 Å². The highest BCUT2D eigenvalue weighted by atomic mass is 15.3. The molecule has 4 heteroatoms. The zero-order valence-electron chi connectivity index (χ0n) is 11.3. The number of hydrogen-bond donors (Lipinski definition) is 1. The van der Waals surface area contributed by atoms with Crippen LogP contribution in [0.15, 0.2) is 30.6 Å². The van der Waals surface area contributed by atoms with E-state index in [2.05, 4.69) is 29.1 Å². The molecule has 0 radical (unpaired) electrons. The zero-order valence-corrected chi connectivity index (χ0v) is 11.3. The molecule has 1 fully saturated rings. The molecule has 1 saturated carbocycles. The average Bonchev–Trinajstić information content (AvgIpc) is 3.17. The van der Waals surface area contributed by atoms with E-state index < -0.39 is 0 Å². The van der Waals surface area contributed by atoms with Crippen molar-refractivity contribution < 1.29 is 0 Å². The summed E-state index contributed by atoms with van der Waals surface area (Å²) >= 11 is 0. The lowest BCUT2D eigenvalue weighted by Crippen LogP contribution is -2.21. The molecule has 0 spiro atoms. The molecule has 0 bridgehead atoms. The molecular formula is C15H20N4. The zero-order chi connectivity index (χ0) is 13.2. The van der Waals surface area contributed by atoms with Crippen molar-refractivity contribution in [1.29, 1.82) is 0 Å². The first-order valence-electron chi connectivity index (χ1n) is 7.02. The minimum atomic E-state index is 0.221. The summed E-state index contributed by atoms with van der Waals surface area (Å²) in [4.78, 5) is 4.47. The molecule has 1 aliphatic carbocycles. The van der Waals surface area contributed by atoms with Gasteiger partial charge in [0.2, 0.25) is 0 Å². The fourth-order valence-corrected chi connectivity index (χ4v) is 2.18. The standard InChI is InChI=1S/C15H20N4/c1-2-13(16)9-11-3-6-15(17-10-11)19-8-7-14(18-19)12-4-5-12/h3,6-8,10,12-13H,2,4-5,9,16H2,1H3. The van der Waals surface area contributed by atoms with Crippen molar-refractivity contribution in [1.82, 2.24) is 14.8 Å². The van der Waals surface area contributed by atoms with Gasteiger partial charge in [-0.25, -0.2) is 9.67 Å². The second-order valence-electron chi connectivity index (χ2n) is 5.36. The summed E-state index contributed by atoms with van der Waals surface area (Å²) in [5.74, 6) is 1.56. The Morgan fingerprint density at radius 2 is 2.21 bits per heavy atom. The van der Waals surface area contributed by atoms with Gasteiger partial charge in [-0.2, -0.15) is 5.10 Å². The number of rotatable bonds is 5. The number of pyridine rings is 1. The van der Waals surface area contributed by atoms with Gasteiger partial charge in [0.05, 0.1) is 5.69 Å². The molecule has 0 aromatic carbocycles. The van der Waals surface area contributed by atoms with Gasteiger partial charge in [0.25, 0.3) is 0 Å². The van der Waals surface area contributed by atoms with Gasteiger partial charge in [0.15, 0.2) is 5.82 Å². The smallest absolute Gasteiger partial charge is 0.153 e. The van der Waals surface area contributed by atoms with Gasteiger partial charge in [0.1, 0.15) is 0 Å². The van der Waals surface area contributed by atoms with Crippen molar-refractivity contribution in [2.24, 2.45) is 5.73 Å². The van der Waals surface area contributed by atoms with Crippen LogP contribution >= 0.6 is 0 Å². The third kappa shape index (κ3) is 2.84. The summed E-state index contributed by atoms with van der Waals surface area (Å²) in [7, 11) is 0. The number of nitrogens with zero attached hydrogens (tertiary/aromatic N) is 3. The van der Waals surface area contributed by atoms with Crippen LogP contribution < -0.4 is 5.73 Å². The minimum absolute atomic E-state index is 0.221. The number of hydrogen-bond acceptors (Lipinski definition) is 3. The van der Waals surface area contributed by atoms with Gasteiger partial charge in [-0.3, -0.25) is 0 Å². The minimum Gasteiger partial charge on any atom is -0.327 e. The van der Waals surface area contributed by atoms with E-state index in [1.165, 1.54) is 24.1 Å². The van der Waals surface area contributed by atoms with E-state index >= 15 is 0 Å². The molecule has 0 amide bonds. The molecule has 19 heavy (non-hydrogen) atoms. The second kappa shape index (κ2) is 5.13. The number of aromatic nitrogens is 3. The summed E-state index contributed by atoms with van der Waals surface area (Å²) in [6.07, 6.45) is 8.33. The van der Waals surface area contributed by atoms with Crippen molar-refractivity contribution in [2.75, 3.05) is 0 Å². The van der Waals surface area contributed by atoms with Crippen LogP contribution in [-0.4, -0.2) is 20.8 Å². The first-order chi connectivity index (χ1) is 9.26. The van der Waals surface area contributed by atoms with Gasteiger partial charge in [0, 0.05) is 24.4 Å². The fraction of sp³-hybridized carbons (Fsp3) is 0.467. The Bertz CT molecular complexity index is 540. The molecule has 2 N–H and O–H groups in total. The van der Waals surface area contributed by atoms with E-state index in [0.717, 1.165) is 18.7 Å². The van der Waals surface area contributed by atoms with E-state index in [1.54, 1.807) is 0 Å². The van der Waals surface area contributed by atoms with E-state index in [4.69, 9.17) is 5.73 Å². The van der Waals surface area contributed by atoms with E-state index in [0.29, 0.717) is 5.92 Å². The fourth-order valence-electron chi connectivity index (χ4n) is 2.18. The van der Waals surface area contributed by atoms with Crippen molar-refractivity contribution in [2.45, 2.75) is 44.6 Å². The quantitative estimate of drug-likeness (QED) is 0.893. The van der Waals surface area contributed by atoms with Gasteiger partial charge in [-0.15, -0.1) is 0 Å². The Balaban J connectivity index is 1.73. The molecule has 0 aliphatic heterocycles. The summed E-state index contributed by atoms with van der Waals surface area (Å²) in [5.41, 5.74) is 8.33. The predicted octanol–water partition coefficient (Wildman–Crippen LogP) is 2.42. The Morgan fingerprint density at radius 1 is 1.37 bits per heavy atom. The van der Waals surface area contributed by atoms with Crippen molar-refractivity contribution in [3.8, 4) is 5.82 Å². The first-order valence-corrected chi connectivity index (χ1v) is 7.02. The van der Waals surface area contributed by atoms with Crippen molar-refractivity contribution >= 4 is 0 Å². The molecule has 0 saturated heterocycles. The van der Waals surface area contributed by atoms with Crippen LogP contribution in [0.1, 0.15) is 43.4 Å². The van der Waals surface area contributed by atoms with Crippen LogP contribution in [0.5, 0.6) is 0 Å². The lowest BCUT2D eigenvalue weighted by atomic mass is 10.1. The summed E-state index contributed by atoms with van der Waals surface area (Å²) in [6, 6.07) is 6.43. The second-order valence-corrected chi connectivity index (χ2v) is 5.36. The highest BCUT2D eigenvalue weighted by molar-refractivity contribution is 5.26. The molecule has 1 unspecified atom stereocenters. The maximum absolute atomic E-state index is 5.95. The molecule has 3 rings (SSSR count). The normalized spacial score (nSPS) is 16.5. The largest absolute Gasteiger partial charge is 0.327 e. The Kier molecular flexibility index (Phi) is 3.34. The lowest BCUT2D eigenvalue weighted by Gasteiger charge is -2.08. The maximum Gasteiger partial charge on any atom is 0.153 e. The third-order valence-corrected chi connectivity index (χ3v) is 3.67. The third-order valence-electron chi connectivity index (χ3n) is 3.67. The highest BCUT2D eigenvalue weighted by Gasteiger charge is 2.25. The van der Waals surface area contributed by atoms with Crippen LogP contribution in [0.25, 0.3) is 5.82 Å². The molecule has 2 heterocycles. The Labute approximate surface area is 113 Å². The molecule has 2 aromatic heterocycles. The monoisotopic (exact) mass is 256 g/mol. The van der Waals surface area contributed by atoms with Crippen molar-refractivity contribution in [3.63, 3.8) is 0 Å². The van der Waals surface area contributed by atoms with Gasteiger partial charge >= 0.3 is 0 Å². The van der Waals surface area contributed by atoms with Crippen LogP contribution in [0.4, 0.5) is 0 Å². The topological polar surface area (TPSA) is 56.7 Å². The van der Waals surface area contributed by atoms with E-state index in [9.17, 15) is 0 Å². The number of nitrogens with two attached hydrogens (primary N) is 1. The molecule has 4 nitrogen and oxygen atoms in total.